The van der Waals surface area contributed by atoms with Crippen LogP contribution in [0.25, 0.3) is 0 Å². The highest BCUT2D eigenvalue weighted by molar-refractivity contribution is 7.51. The summed E-state index contributed by atoms with van der Waals surface area (Å²) < 4.78 is 10.6. The average Bonchev–Trinajstić information content (AvgIpc) is 2.19. The van der Waals surface area contributed by atoms with Crippen LogP contribution in [0.3, 0.4) is 0 Å². The van der Waals surface area contributed by atoms with Gasteiger partial charge in [-0.2, -0.15) is 0 Å². The van der Waals surface area contributed by atoms with Gasteiger partial charge in [-0.05, 0) is 36.9 Å². The number of aryl methyl sites for hydroxylation is 1. The van der Waals surface area contributed by atoms with Crippen molar-refractivity contribution in [3.8, 4) is 0 Å². The predicted octanol–water partition coefficient (Wildman–Crippen LogP) is 1.30. The molecule has 1 aromatic rings. The van der Waals surface area contributed by atoms with E-state index in [1.54, 1.807) is 0 Å². The topological polar surface area (TPSA) is 83.6 Å². The standard InChI is InChI=1S/C11H18NO3P/c12-8-7-11-5-3-10(4-6-11)2-1-9-16(13,14)15/h3-6H,1-2,7-9,12H2,(H2,13,14,15). The summed E-state index contributed by atoms with van der Waals surface area (Å²) in [6, 6.07) is 8.01. The number of hydrogen-bond acceptors (Lipinski definition) is 2. The smallest absolute Gasteiger partial charge is 0.325 e. The van der Waals surface area contributed by atoms with Crippen molar-refractivity contribution in [2.75, 3.05) is 12.7 Å². The zero-order chi connectivity index (χ0) is 12.0. The quantitative estimate of drug-likeness (QED) is 0.657. The fourth-order valence-corrected chi connectivity index (χ4v) is 2.10. The van der Waals surface area contributed by atoms with Crippen LogP contribution in [-0.4, -0.2) is 22.5 Å². The van der Waals surface area contributed by atoms with Crippen molar-refractivity contribution in [3.05, 3.63) is 35.4 Å². The summed E-state index contributed by atoms with van der Waals surface area (Å²) in [5, 5.41) is 0. The lowest BCUT2D eigenvalue weighted by molar-refractivity contribution is 0.371. The molecule has 0 saturated heterocycles. The van der Waals surface area contributed by atoms with E-state index < -0.39 is 7.60 Å². The van der Waals surface area contributed by atoms with Crippen molar-refractivity contribution in [1.82, 2.24) is 0 Å². The third kappa shape index (κ3) is 5.42. The van der Waals surface area contributed by atoms with E-state index in [4.69, 9.17) is 15.5 Å². The molecule has 1 rings (SSSR count). The SMILES string of the molecule is NCCc1ccc(CCCP(=O)(O)O)cc1. The fourth-order valence-electron chi connectivity index (χ4n) is 1.53. The first-order chi connectivity index (χ1) is 7.51. The maximum Gasteiger partial charge on any atom is 0.325 e. The minimum Gasteiger partial charge on any atom is -0.330 e. The predicted molar refractivity (Wildman–Crippen MR) is 64.4 cm³/mol. The number of nitrogens with two attached hydrogens (primary N) is 1. The Morgan fingerprint density at radius 3 is 2.00 bits per heavy atom. The molecule has 0 atom stereocenters. The van der Waals surface area contributed by atoms with E-state index in [1.165, 1.54) is 5.56 Å². The molecule has 0 aromatic heterocycles. The molecule has 0 aliphatic rings. The van der Waals surface area contributed by atoms with Crippen molar-refractivity contribution in [1.29, 1.82) is 0 Å². The van der Waals surface area contributed by atoms with Gasteiger partial charge in [-0.15, -0.1) is 0 Å². The maximum absolute atomic E-state index is 10.6. The zero-order valence-corrected chi connectivity index (χ0v) is 10.1. The molecule has 0 saturated carbocycles. The Balaban J connectivity index is 2.40. The van der Waals surface area contributed by atoms with Gasteiger partial charge in [0.15, 0.2) is 0 Å². The van der Waals surface area contributed by atoms with E-state index in [0.717, 1.165) is 12.0 Å². The molecule has 5 heteroatoms. The molecule has 0 aliphatic heterocycles. The van der Waals surface area contributed by atoms with Crippen molar-refractivity contribution >= 4 is 7.60 Å². The van der Waals surface area contributed by atoms with Crippen LogP contribution in [0.2, 0.25) is 0 Å². The highest BCUT2D eigenvalue weighted by Crippen LogP contribution is 2.35. The second-order valence-electron chi connectivity index (χ2n) is 3.85. The number of hydrogen-bond donors (Lipinski definition) is 3. The number of benzene rings is 1. The van der Waals surface area contributed by atoms with Gasteiger partial charge < -0.3 is 15.5 Å². The summed E-state index contributed by atoms with van der Waals surface area (Å²) in [7, 11) is -3.84. The number of rotatable bonds is 6. The minimum atomic E-state index is -3.84. The van der Waals surface area contributed by atoms with Crippen molar-refractivity contribution in [3.63, 3.8) is 0 Å². The molecule has 0 aliphatic carbocycles. The Kier molecular flexibility index (Phi) is 5.16. The Morgan fingerprint density at radius 2 is 1.56 bits per heavy atom. The molecule has 4 N–H and O–H groups in total. The zero-order valence-electron chi connectivity index (χ0n) is 9.17. The molecule has 0 spiro atoms. The van der Waals surface area contributed by atoms with Crippen LogP contribution in [0.4, 0.5) is 0 Å². The first-order valence-corrected chi connectivity index (χ1v) is 7.13. The second kappa shape index (κ2) is 6.16. The van der Waals surface area contributed by atoms with Gasteiger partial charge in [0.25, 0.3) is 0 Å². The summed E-state index contributed by atoms with van der Waals surface area (Å²) in [5.41, 5.74) is 7.74. The fraction of sp³-hybridized carbons (Fsp3) is 0.455. The maximum atomic E-state index is 10.6. The average molecular weight is 243 g/mol. The molecule has 1 aromatic carbocycles. The third-order valence-electron chi connectivity index (χ3n) is 2.37. The molecule has 0 fully saturated rings. The molecule has 0 radical (unpaired) electrons. The van der Waals surface area contributed by atoms with E-state index in [2.05, 4.69) is 0 Å². The van der Waals surface area contributed by atoms with E-state index in [1.807, 2.05) is 24.3 Å². The molecule has 16 heavy (non-hydrogen) atoms. The van der Waals surface area contributed by atoms with Gasteiger partial charge in [-0.3, -0.25) is 4.57 Å². The Labute approximate surface area is 95.6 Å². The molecule has 90 valence electrons. The van der Waals surface area contributed by atoms with Crippen LogP contribution in [0.1, 0.15) is 17.5 Å². The lowest BCUT2D eigenvalue weighted by Crippen LogP contribution is -2.02. The molecule has 0 bridgehead atoms. The lowest BCUT2D eigenvalue weighted by Gasteiger charge is -2.05. The van der Waals surface area contributed by atoms with E-state index in [0.29, 0.717) is 19.4 Å². The van der Waals surface area contributed by atoms with Gasteiger partial charge in [0, 0.05) is 0 Å². The summed E-state index contributed by atoms with van der Waals surface area (Å²) in [6.07, 6.45) is 2.04. The van der Waals surface area contributed by atoms with Crippen molar-refractivity contribution in [2.45, 2.75) is 19.3 Å². The minimum absolute atomic E-state index is 0.0441. The van der Waals surface area contributed by atoms with Crippen LogP contribution in [0, 0.1) is 0 Å². The molecular weight excluding hydrogens is 225 g/mol. The largest absolute Gasteiger partial charge is 0.330 e. The molecular formula is C11H18NO3P. The Bertz CT molecular complexity index is 358. The first-order valence-electron chi connectivity index (χ1n) is 5.34. The van der Waals surface area contributed by atoms with Gasteiger partial charge in [0.05, 0.1) is 6.16 Å². The van der Waals surface area contributed by atoms with E-state index >= 15 is 0 Å². The van der Waals surface area contributed by atoms with Crippen LogP contribution in [0.15, 0.2) is 24.3 Å². The van der Waals surface area contributed by atoms with Crippen molar-refractivity contribution in [2.24, 2.45) is 5.73 Å². The third-order valence-corrected chi connectivity index (χ3v) is 3.27. The second-order valence-corrected chi connectivity index (χ2v) is 5.62. The summed E-state index contributed by atoms with van der Waals surface area (Å²) in [5.74, 6) is 0. The van der Waals surface area contributed by atoms with E-state index in [-0.39, 0.29) is 6.16 Å². The monoisotopic (exact) mass is 243 g/mol. The van der Waals surface area contributed by atoms with Gasteiger partial charge >= 0.3 is 7.60 Å². The molecule has 0 heterocycles. The van der Waals surface area contributed by atoms with Crippen LogP contribution >= 0.6 is 7.60 Å². The van der Waals surface area contributed by atoms with Crippen molar-refractivity contribution < 1.29 is 14.4 Å². The highest BCUT2D eigenvalue weighted by atomic mass is 31.2. The van der Waals surface area contributed by atoms with Gasteiger partial charge in [0.2, 0.25) is 0 Å². The Morgan fingerprint density at radius 1 is 1.06 bits per heavy atom. The highest BCUT2D eigenvalue weighted by Gasteiger charge is 2.11. The van der Waals surface area contributed by atoms with E-state index in [9.17, 15) is 4.57 Å². The lowest BCUT2D eigenvalue weighted by atomic mass is 10.1. The van der Waals surface area contributed by atoms with Gasteiger partial charge in [-0.1, -0.05) is 24.3 Å². The normalized spacial score (nSPS) is 11.7. The summed E-state index contributed by atoms with van der Waals surface area (Å²) in [4.78, 5) is 17.4. The summed E-state index contributed by atoms with van der Waals surface area (Å²) >= 11 is 0. The van der Waals surface area contributed by atoms with Crippen LogP contribution in [-0.2, 0) is 17.4 Å². The van der Waals surface area contributed by atoms with Crippen LogP contribution in [0.5, 0.6) is 0 Å². The first kappa shape index (κ1) is 13.4. The molecule has 0 amide bonds. The molecule has 0 unspecified atom stereocenters. The Hall–Kier alpha value is -0.670. The van der Waals surface area contributed by atoms with Gasteiger partial charge in [0.1, 0.15) is 0 Å². The summed E-state index contributed by atoms with van der Waals surface area (Å²) in [6.45, 7) is 0.636. The van der Waals surface area contributed by atoms with Gasteiger partial charge in [-0.25, -0.2) is 0 Å². The molecule has 4 nitrogen and oxygen atoms in total. The van der Waals surface area contributed by atoms with Crippen LogP contribution < -0.4 is 5.73 Å².